The smallest absolute Gasteiger partial charge is 0.231 e. The van der Waals surface area contributed by atoms with Crippen LogP contribution in [0.15, 0.2) is 4.52 Å². The summed E-state index contributed by atoms with van der Waals surface area (Å²) < 4.78 is 11.0. The Morgan fingerprint density at radius 3 is 2.90 bits per heavy atom. The molecule has 1 N–H and O–H groups in total. The van der Waals surface area contributed by atoms with Gasteiger partial charge in [0.25, 0.3) is 0 Å². The highest BCUT2D eigenvalue weighted by Gasteiger charge is 2.33. The predicted molar refractivity (Wildman–Crippen MR) is 77.6 cm³/mol. The van der Waals surface area contributed by atoms with Gasteiger partial charge in [-0.1, -0.05) is 31.8 Å². The molecule has 1 saturated carbocycles. The fraction of sp³-hybridized carbons (Fsp3) is 0.867. The molecule has 114 valence electrons. The molecule has 3 unspecified atom stereocenters. The lowest BCUT2D eigenvalue weighted by Crippen LogP contribution is -2.31. The summed E-state index contributed by atoms with van der Waals surface area (Å²) in [5.74, 6) is 1.84. The van der Waals surface area contributed by atoms with Gasteiger partial charge >= 0.3 is 0 Å². The van der Waals surface area contributed by atoms with Gasteiger partial charge < -0.3 is 14.6 Å². The fourth-order valence-corrected chi connectivity index (χ4v) is 2.97. The number of rotatable bonds is 8. The van der Waals surface area contributed by atoms with Crippen molar-refractivity contribution < 1.29 is 9.26 Å². The number of nitrogens with zero attached hydrogens (tertiary/aromatic N) is 2. The molecule has 2 rings (SSSR count). The number of aromatic nitrogens is 2. The molecule has 0 bridgehead atoms. The summed E-state index contributed by atoms with van der Waals surface area (Å²) >= 11 is 0. The van der Waals surface area contributed by atoms with Crippen LogP contribution in [0.3, 0.4) is 0 Å². The first-order valence-corrected chi connectivity index (χ1v) is 7.89. The van der Waals surface area contributed by atoms with E-state index < -0.39 is 0 Å². The van der Waals surface area contributed by atoms with Crippen LogP contribution >= 0.6 is 0 Å². The Balaban J connectivity index is 2.03. The van der Waals surface area contributed by atoms with E-state index in [0.29, 0.717) is 17.8 Å². The highest BCUT2D eigenvalue weighted by Crippen LogP contribution is 2.34. The first-order chi connectivity index (χ1) is 9.80. The number of hydrogen-bond donors (Lipinski definition) is 1. The number of ether oxygens (including phenoxy) is 1. The largest absolute Gasteiger partial charge is 0.373 e. The second kappa shape index (κ2) is 7.74. The molecular weight excluding hydrogens is 254 g/mol. The highest BCUT2D eigenvalue weighted by atomic mass is 16.5. The van der Waals surface area contributed by atoms with Crippen molar-refractivity contribution in [3.8, 4) is 0 Å². The van der Waals surface area contributed by atoms with Crippen LogP contribution in [0.5, 0.6) is 0 Å². The van der Waals surface area contributed by atoms with E-state index in [-0.39, 0.29) is 6.10 Å². The van der Waals surface area contributed by atoms with Crippen LogP contribution in [0.4, 0.5) is 0 Å². The Bertz CT molecular complexity index is 394. The summed E-state index contributed by atoms with van der Waals surface area (Å²) in [6, 6.07) is 0.482. The van der Waals surface area contributed by atoms with E-state index in [1.807, 2.05) is 0 Å². The maximum Gasteiger partial charge on any atom is 0.231 e. The third-order valence-corrected chi connectivity index (χ3v) is 4.07. The average molecular weight is 281 g/mol. The monoisotopic (exact) mass is 281 g/mol. The van der Waals surface area contributed by atoms with E-state index in [9.17, 15) is 0 Å². The van der Waals surface area contributed by atoms with E-state index in [1.54, 1.807) is 7.11 Å². The second-order valence-corrected chi connectivity index (χ2v) is 5.60. The van der Waals surface area contributed by atoms with Gasteiger partial charge in [0.15, 0.2) is 0 Å². The summed E-state index contributed by atoms with van der Waals surface area (Å²) in [5, 5.41) is 7.72. The van der Waals surface area contributed by atoms with Crippen LogP contribution in [-0.4, -0.2) is 29.8 Å². The molecule has 0 radical (unpaired) electrons. The van der Waals surface area contributed by atoms with Crippen molar-refractivity contribution in [3.63, 3.8) is 0 Å². The van der Waals surface area contributed by atoms with Gasteiger partial charge in [0.05, 0.1) is 5.92 Å². The summed E-state index contributed by atoms with van der Waals surface area (Å²) in [5.41, 5.74) is 0. The first-order valence-electron chi connectivity index (χ1n) is 7.89. The van der Waals surface area contributed by atoms with Gasteiger partial charge in [-0.15, -0.1) is 0 Å². The molecule has 1 aliphatic rings. The minimum atomic E-state index is -0.0408. The van der Waals surface area contributed by atoms with E-state index in [4.69, 9.17) is 9.26 Å². The van der Waals surface area contributed by atoms with Crippen molar-refractivity contribution in [1.82, 2.24) is 15.5 Å². The standard InChI is InChI=1S/C15H27N3O2/c1-4-7-13(19-3)14-17-15(20-18-14)11-8-6-9-12(11)16-10-5-2/h11-13,16H,4-10H2,1-3H3. The maximum atomic E-state index is 5.51. The van der Waals surface area contributed by atoms with Crippen molar-refractivity contribution >= 4 is 0 Å². The van der Waals surface area contributed by atoms with Crippen molar-refractivity contribution in [1.29, 1.82) is 0 Å². The van der Waals surface area contributed by atoms with E-state index in [1.165, 1.54) is 12.8 Å². The predicted octanol–water partition coefficient (Wildman–Crippen LogP) is 3.19. The molecule has 0 aromatic carbocycles. The molecule has 5 nitrogen and oxygen atoms in total. The summed E-state index contributed by atoms with van der Waals surface area (Å²) in [6.45, 7) is 5.38. The van der Waals surface area contributed by atoms with Gasteiger partial charge in [0, 0.05) is 13.2 Å². The summed E-state index contributed by atoms with van der Waals surface area (Å²) in [6.07, 6.45) is 6.65. The second-order valence-electron chi connectivity index (χ2n) is 5.60. The molecule has 1 aromatic rings. The fourth-order valence-electron chi connectivity index (χ4n) is 2.97. The van der Waals surface area contributed by atoms with Crippen LogP contribution in [0.2, 0.25) is 0 Å². The van der Waals surface area contributed by atoms with Gasteiger partial charge in [-0.2, -0.15) is 4.98 Å². The number of nitrogens with one attached hydrogen (secondary N) is 1. The lowest BCUT2D eigenvalue weighted by atomic mass is 10.0. The first kappa shape index (κ1) is 15.4. The Hall–Kier alpha value is -0.940. The quantitative estimate of drug-likeness (QED) is 0.793. The van der Waals surface area contributed by atoms with Crippen molar-refractivity contribution in [3.05, 3.63) is 11.7 Å². The Morgan fingerprint density at radius 2 is 2.20 bits per heavy atom. The van der Waals surface area contributed by atoms with Crippen LogP contribution in [0.1, 0.15) is 76.1 Å². The lowest BCUT2D eigenvalue weighted by Gasteiger charge is -2.17. The normalized spacial score (nSPS) is 24.1. The molecule has 1 aliphatic carbocycles. The van der Waals surface area contributed by atoms with Gasteiger partial charge in [0.1, 0.15) is 6.10 Å². The number of methoxy groups -OCH3 is 1. The van der Waals surface area contributed by atoms with Gasteiger partial charge in [-0.05, 0) is 32.2 Å². The van der Waals surface area contributed by atoms with Crippen LogP contribution in [-0.2, 0) is 4.74 Å². The maximum absolute atomic E-state index is 5.51. The molecule has 0 saturated heterocycles. The van der Waals surface area contributed by atoms with Crippen molar-refractivity contribution in [2.24, 2.45) is 0 Å². The van der Waals surface area contributed by atoms with Crippen LogP contribution in [0, 0.1) is 0 Å². The lowest BCUT2D eigenvalue weighted by molar-refractivity contribution is 0.0854. The van der Waals surface area contributed by atoms with E-state index in [2.05, 4.69) is 29.3 Å². The van der Waals surface area contributed by atoms with Gasteiger partial charge in [0.2, 0.25) is 11.7 Å². The topological polar surface area (TPSA) is 60.2 Å². The molecule has 0 spiro atoms. The van der Waals surface area contributed by atoms with Crippen LogP contribution < -0.4 is 5.32 Å². The third kappa shape index (κ3) is 3.58. The van der Waals surface area contributed by atoms with Crippen molar-refractivity contribution in [2.75, 3.05) is 13.7 Å². The SMILES string of the molecule is CCCNC1CCCC1c1nc(C(CCC)OC)no1. The molecule has 1 heterocycles. The van der Waals surface area contributed by atoms with E-state index in [0.717, 1.165) is 38.1 Å². The molecule has 3 atom stereocenters. The Labute approximate surface area is 121 Å². The molecular formula is C15H27N3O2. The molecule has 0 amide bonds. The third-order valence-electron chi connectivity index (χ3n) is 4.07. The average Bonchev–Trinajstić information content (AvgIpc) is 3.10. The highest BCUT2D eigenvalue weighted by molar-refractivity contribution is 5.04. The van der Waals surface area contributed by atoms with Crippen LogP contribution in [0.25, 0.3) is 0 Å². The molecule has 20 heavy (non-hydrogen) atoms. The zero-order valence-electron chi connectivity index (χ0n) is 12.9. The molecule has 1 aromatic heterocycles. The summed E-state index contributed by atoms with van der Waals surface area (Å²) in [4.78, 5) is 4.60. The van der Waals surface area contributed by atoms with E-state index >= 15 is 0 Å². The zero-order valence-corrected chi connectivity index (χ0v) is 12.9. The number of hydrogen-bond acceptors (Lipinski definition) is 5. The Kier molecular flexibility index (Phi) is 5.98. The molecule has 0 aliphatic heterocycles. The zero-order chi connectivity index (χ0) is 14.4. The van der Waals surface area contributed by atoms with Crippen molar-refractivity contribution in [2.45, 2.75) is 70.4 Å². The van der Waals surface area contributed by atoms with Gasteiger partial charge in [-0.3, -0.25) is 0 Å². The molecule has 5 heteroatoms. The minimum Gasteiger partial charge on any atom is -0.373 e. The summed E-state index contributed by atoms with van der Waals surface area (Å²) in [7, 11) is 1.71. The molecule has 1 fully saturated rings. The Morgan fingerprint density at radius 1 is 1.35 bits per heavy atom. The van der Waals surface area contributed by atoms with Gasteiger partial charge in [-0.25, -0.2) is 0 Å². The minimum absolute atomic E-state index is 0.0408.